The van der Waals surface area contributed by atoms with Crippen molar-refractivity contribution < 1.29 is 27.9 Å². The first kappa shape index (κ1) is 29.3. The third-order valence-corrected chi connectivity index (χ3v) is 8.05. The number of nitrogens with one attached hydrogen (secondary N) is 1. The molecule has 3 heterocycles. The molecule has 1 unspecified atom stereocenters. The monoisotopic (exact) mass is 594 g/mol. The molecule has 1 aliphatic heterocycles. The summed E-state index contributed by atoms with van der Waals surface area (Å²) in [5.41, 5.74) is 2.11. The molecule has 42 heavy (non-hydrogen) atoms. The van der Waals surface area contributed by atoms with Gasteiger partial charge < -0.3 is 24.1 Å². The van der Waals surface area contributed by atoms with Gasteiger partial charge >= 0.3 is 11.8 Å². The van der Waals surface area contributed by atoms with Crippen LogP contribution in [0.25, 0.3) is 32.3 Å². The first-order valence-corrected chi connectivity index (χ1v) is 14.4. The summed E-state index contributed by atoms with van der Waals surface area (Å²) in [5, 5.41) is 12.9. The second-order valence-electron chi connectivity index (χ2n) is 11.2. The van der Waals surface area contributed by atoms with E-state index in [9.17, 15) is 19.6 Å². The molecule has 1 N–H and O–H groups in total. The smallest absolute Gasteiger partial charge is 0.419 e. The Morgan fingerprint density at radius 2 is 1.98 bits per heavy atom. The third-order valence-electron chi connectivity index (χ3n) is 6.90. The maximum absolute atomic E-state index is 15.4. The van der Waals surface area contributed by atoms with Crippen LogP contribution >= 0.6 is 11.3 Å². The Morgan fingerprint density at radius 3 is 2.71 bits per heavy atom. The molecule has 5 rings (SSSR count). The minimum atomic E-state index is -1.01. The molecule has 0 bridgehead atoms. The van der Waals surface area contributed by atoms with Crippen molar-refractivity contribution in [2.45, 2.75) is 51.4 Å². The summed E-state index contributed by atoms with van der Waals surface area (Å²) in [4.78, 5) is 39.2. The van der Waals surface area contributed by atoms with Crippen molar-refractivity contribution in [3.8, 4) is 17.2 Å². The van der Waals surface area contributed by atoms with Gasteiger partial charge in [0, 0.05) is 41.6 Å². The molecule has 12 heteroatoms. The lowest BCUT2D eigenvalue weighted by atomic mass is 10.0. The average Bonchev–Trinajstić information content (AvgIpc) is 3.26. The van der Waals surface area contributed by atoms with E-state index in [4.69, 9.17) is 13.9 Å². The molecule has 1 fully saturated rings. The summed E-state index contributed by atoms with van der Waals surface area (Å²) in [6.07, 6.45) is -1.02. The van der Waals surface area contributed by atoms with Crippen LogP contribution in [0.3, 0.4) is 0 Å². The first-order chi connectivity index (χ1) is 19.9. The number of aromatic nitrogens is 1. The van der Waals surface area contributed by atoms with Crippen molar-refractivity contribution in [2.24, 2.45) is 7.05 Å². The van der Waals surface area contributed by atoms with Gasteiger partial charge in [0.05, 0.1) is 18.1 Å². The van der Waals surface area contributed by atoms with Gasteiger partial charge in [-0.3, -0.25) is 9.36 Å². The molecule has 2 amide bonds. The predicted molar refractivity (Wildman–Crippen MR) is 156 cm³/mol. The van der Waals surface area contributed by atoms with Crippen LogP contribution in [0.1, 0.15) is 32.1 Å². The molecule has 1 saturated heterocycles. The molecule has 0 spiro atoms. The molecule has 1 aliphatic rings. The lowest BCUT2D eigenvalue weighted by Crippen LogP contribution is -2.48. The van der Waals surface area contributed by atoms with Crippen LogP contribution in [0.5, 0.6) is 0 Å². The minimum Gasteiger partial charge on any atom is -0.444 e. The number of amides is 2. The number of aryl methyl sites for hydroxylation is 1. The highest BCUT2D eigenvalue weighted by Crippen LogP contribution is 2.35. The molecular formula is C30H31FN4O6S. The van der Waals surface area contributed by atoms with Crippen LogP contribution in [-0.2, 0) is 27.7 Å². The number of fused-ring (bicyclic) bond motifs is 2. The summed E-state index contributed by atoms with van der Waals surface area (Å²) in [6.45, 7) is 5.92. The highest BCUT2D eigenvalue weighted by molar-refractivity contribution is 7.19. The molecular weight excluding hydrogens is 563 g/mol. The summed E-state index contributed by atoms with van der Waals surface area (Å²) < 4.78 is 33.8. The zero-order valence-electron chi connectivity index (χ0n) is 23.7. The van der Waals surface area contributed by atoms with E-state index >= 15 is 4.39 Å². The van der Waals surface area contributed by atoms with Crippen LogP contribution < -0.4 is 11.1 Å². The van der Waals surface area contributed by atoms with Crippen LogP contribution in [0.4, 0.5) is 9.18 Å². The summed E-state index contributed by atoms with van der Waals surface area (Å²) in [5.74, 6) is -1.44. The maximum atomic E-state index is 15.4. The molecule has 2 atom stereocenters. The Kier molecular flexibility index (Phi) is 8.08. The van der Waals surface area contributed by atoms with Gasteiger partial charge in [0.1, 0.15) is 17.5 Å². The van der Waals surface area contributed by atoms with Crippen molar-refractivity contribution in [1.82, 2.24) is 14.8 Å². The zero-order valence-corrected chi connectivity index (χ0v) is 24.5. The Labute approximate surface area is 245 Å². The number of benzene rings is 2. The molecule has 4 aromatic rings. The van der Waals surface area contributed by atoms with Crippen LogP contribution in [-0.4, -0.2) is 58.9 Å². The first-order valence-electron chi connectivity index (χ1n) is 13.5. The largest absolute Gasteiger partial charge is 0.444 e. The fraction of sp³-hybridized carbons (Fsp3) is 0.400. The van der Waals surface area contributed by atoms with E-state index in [1.807, 2.05) is 24.3 Å². The number of halogens is 1. The fourth-order valence-corrected chi connectivity index (χ4v) is 5.96. The number of ether oxygens (including phenoxy) is 2. The Morgan fingerprint density at radius 1 is 1.24 bits per heavy atom. The molecule has 10 nitrogen and oxygen atoms in total. The number of nitrogens with zero attached hydrogens (tertiary/aromatic N) is 3. The number of rotatable bonds is 5. The molecule has 220 valence electrons. The van der Waals surface area contributed by atoms with Gasteiger partial charge in [0.2, 0.25) is 0 Å². The molecule has 0 aliphatic carbocycles. The normalized spacial score (nSPS) is 16.7. The van der Waals surface area contributed by atoms with E-state index in [-0.39, 0.29) is 19.6 Å². The number of oxazole rings is 1. The highest BCUT2D eigenvalue weighted by Gasteiger charge is 2.31. The van der Waals surface area contributed by atoms with E-state index < -0.39 is 41.3 Å². The van der Waals surface area contributed by atoms with Crippen molar-refractivity contribution in [1.29, 1.82) is 5.26 Å². The van der Waals surface area contributed by atoms with Crippen molar-refractivity contribution in [3.05, 3.63) is 57.6 Å². The van der Waals surface area contributed by atoms with E-state index in [0.29, 0.717) is 39.0 Å². The number of hydrogen-bond donors (Lipinski definition) is 1. The lowest BCUT2D eigenvalue weighted by Gasteiger charge is -2.27. The lowest BCUT2D eigenvalue weighted by molar-refractivity contribution is -0.133. The number of carbonyl (C=O) groups is 2. The standard InChI is InChI=1S/C30H31FN4O6S/c1-30(2,3)41-29(38)35-10-5-11-39-23(16-35)27(36)33-19(15-32)14-25-26(31)20-8-6-18(13-24(20)42-25)17-7-9-22-21(12-17)34(4)28(37)40-22/h6-9,12-13,19,23H,5,10-11,14,16H2,1-4H3,(H,33,36)/t19?,23-/m0/s1. The number of nitriles is 1. The maximum Gasteiger partial charge on any atom is 0.419 e. The molecule has 0 saturated carbocycles. The second-order valence-corrected chi connectivity index (χ2v) is 12.3. The molecule has 2 aromatic heterocycles. The topological polar surface area (TPSA) is 127 Å². The van der Waals surface area contributed by atoms with Gasteiger partial charge in [-0.05, 0) is 62.6 Å². The van der Waals surface area contributed by atoms with Crippen molar-refractivity contribution >= 4 is 44.5 Å². The summed E-state index contributed by atoms with van der Waals surface area (Å²) in [7, 11) is 1.63. The highest BCUT2D eigenvalue weighted by atomic mass is 32.1. The minimum absolute atomic E-state index is 0.0162. The Hall–Kier alpha value is -4.21. The van der Waals surface area contributed by atoms with Gasteiger partial charge in [-0.1, -0.05) is 12.1 Å². The van der Waals surface area contributed by atoms with E-state index in [1.54, 1.807) is 46.0 Å². The Bertz CT molecular complexity index is 1760. The second kappa shape index (κ2) is 11.6. The Balaban J connectivity index is 1.30. The van der Waals surface area contributed by atoms with E-state index in [1.165, 1.54) is 20.8 Å². The quantitative estimate of drug-likeness (QED) is 0.354. The third kappa shape index (κ3) is 6.17. The van der Waals surface area contributed by atoms with Crippen molar-refractivity contribution in [3.63, 3.8) is 0 Å². The number of thiophene rings is 1. The summed E-state index contributed by atoms with van der Waals surface area (Å²) >= 11 is 1.21. The zero-order chi connectivity index (χ0) is 30.2. The van der Waals surface area contributed by atoms with Gasteiger partial charge in [0.15, 0.2) is 11.7 Å². The van der Waals surface area contributed by atoms with Crippen LogP contribution in [0.2, 0.25) is 0 Å². The summed E-state index contributed by atoms with van der Waals surface area (Å²) in [6, 6.07) is 11.8. The number of hydrogen-bond acceptors (Lipinski definition) is 8. The number of carbonyl (C=O) groups excluding carboxylic acids is 2. The van der Waals surface area contributed by atoms with E-state index in [0.717, 1.165) is 11.1 Å². The average molecular weight is 595 g/mol. The SMILES string of the molecule is Cn1c(=O)oc2ccc(-c3ccc4c(F)c(CC(C#N)NC(=O)[C@@H]5CN(C(=O)OC(C)(C)C)CCCO5)sc4c3)cc21. The molecule has 0 radical (unpaired) electrons. The van der Waals surface area contributed by atoms with Gasteiger partial charge in [-0.15, -0.1) is 11.3 Å². The fourth-order valence-electron chi connectivity index (χ4n) is 4.79. The van der Waals surface area contributed by atoms with Crippen molar-refractivity contribution in [2.75, 3.05) is 19.7 Å². The molecule has 2 aromatic carbocycles. The van der Waals surface area contributed by atoms with Crippen LogP contribution in [0.15, 0.2) is 45.6 Å². The predicted octanol–water partition coefficient (Wildman–Crippen LogP) is 4.73. The van der Waals surface area contributed by atoms with Gasteiger partial charge in [-0.2, -0.15) is 5.26 Å². The van der Waals surface area contributed by atoms with Gasteiger partial charge in [0.25, 0.3) is 5.91 Å². The van der Waals surface area contributed by atoms with Crippen LogP contribution in [0, 0.1) is 17.1 Å². The van der Waals surface area contributed by atoms with E-state index in [2.05, 4.69) is 5.32 Å². The van der Waals surface area contributed by atoms with Gasteiger partial charge in [-0.25, -0.2) is 14.0 Å².